The lowest BCUT2D eigenvalue weighted by Gasteiger charge is -2.40. The van der Waals surface area contributed by atoms with Crippen LogP contribution in [-0.2, 0) is 11.3 Å². The van der Waals surface area contributed by atoms with Gasteiger partial charge in [0, 0.05) is 76.1 Å². The highest BCUT2D eigenvalue weighted by molar-refractivity contribution is 7.98. The third-order valence-corrected chi connectivity index (χ3v) is 7.84. The third-order valence-electron chi connectivity index (χ3n) is 7.19. The number of rotatable bonds is 5. The Morgan fingerprint density at radius 3 is 2.40 bits per heavy atom. The van der Waals surface area contributed by atoms with Crippen LogP contribution in [0.1, 0.15) is 37.3 Å². The first-order valence-corrected chi connectivity index (χ1v) is 13.1. The molecule has 2 aromatic heterocycles. The van der Waals surface area contributed by atoms with Gasteiger partial charge in [-0.3, -0.25) is 14.7 Å². The lowest BCUT2D eigenvalue weighted by atomic mass is 9.90. The number of imidazole rings is 1. The number of fused-ring (bicyclic) bond motifs is 1. The maximum absolute atomic E-state index is 15.7. The minimum absolute atomic E-state index is 0.0193. The standard InChI is InChI=1S/C25H28F3N5OS/c1-35-24-30-21-14-19(26)20(27)15-22(21)33(24)18-4-10-32(11-5-18)23(34)25(28)6-12-31(13-7-25)16-17-2-8-29-9-3-17/h2-3,8-9,14-15,18H,4-7,10-13,16H2,1H3. The Balaban J connectivity index is 1.22. The molecule has 0 unspecified atom stereocenters. The Bertz CT molecular complexity index is 1200. The van der Waals surface area contributed by atoms with Crippen molar-refractivity contribution in [1.29, 1.82) is 0 Å². The molecule has 35 heavy (non-hydrogen) atoms. The van der Waals surface area contributed by atoms with Crippen molar-refractivity contribution in [3.05, 3.63) is 53.9 Å². The van der Waals surface area contributed by atoms with E-state index < -0.39 is 23.2 Å². The zero-order valence-electron chi connectivity index (χ0n) is 19.6. The van der Waals surface area contributed by atoms with Gasteiger partial charge in [0.25, 0.3) is 5.91 Å². The van der Waals surface area contributed by atoms with Crippen LogP contribution in [0.2, 0.25) is 0 Å². The van der Waals surface area contributed by atoms with Crippen LogP contribution in [0, 0.1) is 11.6 Å². The number of hydrogen-bond donors (Lipinski definition) is 0. The molecular formula is C25H28F3N5OS. The van der Waals surface area contributed by atoms with Gasteiger partial charge in [0.15, 0.2) is 22.5 Å². The van der Waals surface area contributed by atoms with Crippen molar-refractivity contribution in [3.63, 3.8) is 0 Å². The second kappa shape index (κ2) is 9.81. The van der Waals surface area contributed by atoms with E-state index >= 15 is 4.39 Å². The number of likely N-dealkylation sites (tertiary alicyclic amines) is 2. The van der Waals surface area contributed by atoms with Gasteiger partial charge in [-0.2, -0.15) is 0 Å². The maximum atomic E-state index is 15.7. The average Bonchev–Trinajstić information content (AvgIpc) is 3.23. The highest BCUT2D eigenvalue weighted by Gasteiger charge is 2.45. The number of aromatic nitrogens is 3. The molecule has 4 heterocycles. The van der Waals surface area contributed by atoms with E-state index in [9.17, 15) is 13.6 Å². The predicted molar refractivity (Wildman–Crippen MR) is 129 cm³/mol. The Morgan fingerprint density at radius 1 is 1.09 bits per heavy atom. The molecule has 0 aliphatic carbocycles. The van der Waals surface area contributed by atoms with Gasteiger partial charge in [-0.15, -0.1) is 0 Å². The number of thioether (sulfide) groups is 1. The number of carbonyl (C=O) groups excluding carboxylic acids is 1. The summed E-state index contributed by atoms with van der Waals surface area (Å²) in [4.78, 5) is 25.4. The summed E-state index contributed by atoms with van der Waals surface area (Å²) in [6, 6.07) is 6.18. The number of alkyl halides is 1. The van der Waals surface area contributed by atoms with E-state index in [1.54, 1.807) is 17.3 Å². The van der Waals surface area contributed by atoms with E-state index in [1.165, 1.54) is 17.8 Å². The summed E-state index contributed by atoms with van der Waals surface area (Å²) >= 11 is 1.41. The highest BCUT2D eigenvalue weighted by Crippen LogP contribution is 2.35. The van der Waals surface area contributed by atoms with Gasteiger partial charge in [-0.05, 0) is 36.8 Å². The molecule has 10 heteroatoms. The summed E-state index contributed by atoms with van der Waals surface area (Å²) in [6.07, 6.45) is 6.94. The predicted octanol–water partition coefficient (Wildman–Crippen LogP) is 4.60. The Kier molecular flexibility index (Phi) is 6.76. The van der Waals surface area contributed by atoms with Crippen molar-refractivity contribution in [3.8, 4) is 0 Å². The fourth-order valence-corrected chi connectivity index (χ4v) is 5.84. The first-order valence-electron chi connectivity index (χ1n) is 11.9. The van der Waals surface area contributed by atoms with Gasteiger partial charge in [0.1, 0.15) is 0 Å². The molecule has 0 spiro atoms. The van der Waals surface area contributed by atoms with Crippen molar-refractivity contribution in [2.24, 2.45) is 0 Å². The van der Waals surface area contributed by atoms with Crippen molar-refractivity contribution >= 4 is 28.7 Å². The molecule has 2 aliphatic rings. The van der Waals surface area contributed by atoms with Crippen LogP contribution in [0.4, 0.5) is 13.2 Å². The van der Waals surface area contributed by atoms with E-state index in [4.69, 9.17) is 0 Å². The average molecular weight is 504 g/mol. The first-order chi connectivity index (χ1) is 16.9. The molecule has 2 saturated heterocycles. The normalized spacial score (nSPS) is 19.4. The summed E-state index contributed by atoms with van der Waals surface area (Å²) < 4.78 is 45.3. The number of pyridine rings is 1. The van der Waals surface area contributed by atoms with E-state index in [-0.39, 0.29) is 18.9 Å². The van der Waals surface area contributed by atoms with Crippen molar-refractivity contribution in [2.45, 2.75) is 49.1 Å². The van der Waals surface area contributed by atoms with Crippen molar-refractivity contribution in [2.75, 3.05) is 32.4 Å². The van der Waals surface area contributed by atoms with Gasteiger partial charge in [0.05, 0.1) is 11.0 Å². The largest absolute Gasteiger partial charge is 0.340 e. The van der Waals surface area contributed by atoms with Gasteiger partial charge in [0.2, 0.25) is 0 Å². The molecular weight excluding hydrogens is 475 g/mol. The van der Waals surface area contributed by atoms with Gasteiger partial charge < -0.3 is 9.47 Å². The van der Waals surface area contributed by atoms with Gasteiger partial charge in [-0.1, -0.05) is 11.8 Å². The van der Waals surface area contributed by atoms with Crippen LogP contribution >= 0.6 is 11.8 Å². The van der Waals surface area contributed by atoms with E-state index in [0.29, 0.717) is 55.2 Å². The van der Waals surface area contributed by atoms with E-state index in [2.05, 4.69) is 14.9 Å². The van der Waals surface area contributed by atoms with Crippen LogP contribution in [0.15, 0.2) is 41.8 Å². The molecule has 0 atom stereocenters. The fourth-order valence-electron chi connectivity index (χ4n) is 5.20. The monoisotopic (exact) mass is 503 g/mol. The van der Waals surface area contributed by atoms with Crippen LogP contribution in [-0.4, -0.2) is 68.3 Å². The second-order valence-electron chi connectivity index (χ2n) is 9.34. The quantitative estimate of drug-likeness (QED) is 0.477. The molecule has 0 bridgehead atoms. The van der Waals surface area contributed by atoms with Crippen LogP contribution < -0.4 is 0 Å². The smallest absolute Gasteiger partial charge is 0.260 e. The Labute approximate surface area is 206 Å². The summed E-state index contributed by atoms with van der Waals surface area (Å²) in [5.74, 6) is -2.25. The van der Waals surface area contributed by atoms with Gasteiger partial charge >= 0.3 is 0 Å². The summed E-state index contributed by atoms with van der Waals surface area (Å²) in [5.41, 5.74) is 0.238. The van der Waals surface area contributed by atoms with Crippen LogP contribution in [0.25, 0.3) is 11.0 Å². The molecule has 1 amide bonds. The fraction of sp³-hybridized carbons (Fsp3) is 0.480. The number of halogens is 3. The summed E-state index contributed by atoms with van der Waals surface area (Å²) in [7, 11) is 0. The molecule has 6 nitrogen and oxygen atoms in total. The first kappa shape index (κ1) is 24.1. The van der Waals surface area contributed by atoms with Gasteiger partial charge in [-0.25, -0.2) is 18.2 Å². The molecule has 1 aromatic carbocycles. The van der Waals surface area contributed by atoms with Crippen LogP contribution in [0.5, 0.6) is 0 Å². The molecule has 0 radical (unpaired) electrons. The Hall–Kier alpha value is -2.59. The number of amides is 1. The molecule has 3 aromatic rings. The Morgan fingerprint density at radius 2 is 1.74 bits per heavy atom. The highest BCUT2D eigenvalue weighted by atomic mass is 32.2. The number of nitrogens with zero attached hydrogens (tertiary/aromatic N) is 5. The number of carbonyl (C=O) groups is 1. The summed E-state index contributed by atoms with van der Waals surface area (Å²) in [5, 5.41) is 0.679. The maximum Gasteiger partial charge on any atom is 0.260 e. The zero-order chi connectivity index (χ0) is 24.6. The minimum Gasteiger partial charge on any atom is -0.340 e. The molecule has 5 rings (SSSR count). The topological polar surface area (TPSA) is 54.3 Å². The zero-order valence-corrected chi connectivity index (χ0v) is 20.4. The molecule has 2 aliphatic heterocycles. The van der Waals surface area contributed by atoms with E-state index in [0.717, 1.165) is 18.2 Å². The third kappa shape index (κ3) is 4.78. The SMILES string of the molecule is CSc1nc2cc(F)c(F)cc2n1C1CCN(C(=O)C2(F)CCN(Cc3ccncc3)CC2)CC1. The number of benzene rings is 1. The second-order valence-corrected chi connectivity index (χ2v) is 10.1. The van der Waals surface area contributed by atoms with Crippen LogP contribution in [0.3, 0.4) is 0 Å². The minimum atomic E-state index is -1.84. The molecule has 2 fully saturated rings. The lowest BCUT2D eigenvalue weighted by Crippen LogP contribution is -2.53. The molecule has 186 valence electrons. The van der Waals surface area contributed by atoms with E-state index in [1.807, 2.05) is 23.0 Å². The summed E-state index contributed by atoms with van der Waals surface area (Å²) in [6.45, 7) is 2.63. The molecule has 0 saturated carbocycles. The molecule has 0 N–H and O–H groups in total. The number of hydrogen-bond acceptors (Lipinski definition) is 5. The number of piperidine rings is 2. The lowest BCUT2D eigenvalue weighted by molar-refractivity contribution is -0.149. The van der Waals surface area contributed by atoms with Crippen molar-refractivity contribution < 1.29 is 18.0 Å². The van der Waals surface area contributed by atoms with Crippen molar-refractivity contribution in [1.82, 2.24) is 24.3 Å².